The van der Waals surface area contributed by atoms with Crippen LogP contribution in [0.1, 0.15) is 32.6 Å². The van der Waals surface area contributed by atoms with E-state index in [1.54, 1.807) is 0 Å². The zero-order valence-corrected chi connectivity index (χ0v) is 11.1. The van der Waals surface area contributed by atoms with E-state index in [1.807, 2.05) is 19.1 Å². The Morgan fingerprint density at radius 1 is 1.50 bits per heavy atom. The Morgan fingerprint density at radius 2 is 2.39 bits per heavy atom. The van der Waals surface area contributed by atoms with Crippen LogP contribution >= 0.6 is 0 Å². The maximum Gasteiger partial charge on any atom is 0.215 e. The number of nitrogens with two attached hydrogens (primary N) is 1. The molecule has 0 bridgehead atoms. The smallest absolute Gasteiger partial charge is 0.215 e. The van der Waals surface area contributed by atoms with E-state index < -0.39 is 0 Å². The van der Waals surface area contributed by atoms with E-state index in [-0.39, 0.29) is 0 Å². The third kappa shape index (κ3) is 3.13. The molecule has 100 valence electrons. The molecule has 0 spiro atoms. The molecule has 0 aromatic carbocycles. The lowest BCUT2D eigenvalue weighted by Gasteiger charge is -2.25. The van der Waals surface area contributed by atoms with Crippen molar-refractivity contribution in [2.75, 3.05) is 24.6 Å². The topological polar surface area (TPSA) is 51.4 Å². The van der Waals surface area contributed by atoms with E-state index >= 15 is 0 Å². The summed E-state index contributed by atoms with van der Waals surface area (Å²) in [6.45, 7) is 4.51. The molecule has 0 amide bonds. The molecular formula is C14H23N3O. The van der Waals surface area contributed by atoms with Crippen LogP contribution in [0.25, 0.3) is 0 Å². The molecule has 1 fully saturated rings. The molecule has 2 N–H and O–H groups in total. The fourth-order valence-corrected chi connectivity index (χ4v) is 2.58. The van der Waals surface area contributed by atoms with Crippen LogP contribution in [0.5, 0.6) is 5.88 Å². The number of rotatable bonds is 6. The molecule has 0 saturated carbocycles. The van der Waals surface area contributed by atoms with Gasteiger partial charge >= 0.3 is 0 Å². The molecule has 1 aromatic rings. The predicted molar refractivity (Wildman–Crippen MR) is 74.1 cm³/mol. The first-order valence-electron chi connectivity index (χ1n) is 6.91. The van der Waals surface area contributed by atoms with Crippen molar-refractivity contribution in [3.8, 4) is 5.88 Å². The number of aromatic nitrogens is 1. The monoisotopic (exact) mass is 249 g/mol. The molecule has 1 aromatic heterocycles. The van der Waals surface area contributed by atoms with Crippen LogP contribution in [-0.2, 0) is 0 Å². The first-order chi connectivity index (χ1) is 8.85. The van der Waals surface area contributed by atoms with Gasteiger partial charge in [0, 0.05) is 18.7 Å². The van der Waals surface area contributed by atoms with Crippen LogP contribution in [0.3, 0.4) is 0 Å². The molecule has 1 atom stereocenters. The average molecular weight is 249 g/mol. The van der Waals surface area contributed by atoms with Crippen molar-refractivity contribution >= 4 is 5.82 Å². The molecule has 0 aliphatic carbocycles. The van der Waals surface area contributed by atoms with Crippen LogP contribution in [-0.4, -0.2) is 30.7 Å². The first kappa shape index (κ1) is 13.1. The summed E-state index contributed by atoms with van der Waals surface area (Å²) in [7, 11) is 0. The van der Waals surface area contributed by atoms with Crippen molar-refractivity contribution in [3.05, 3.63) is 18.2 Å². The molecule has 2 heterocycles. The fourth-order valence-electron chi connectivity index (χ4n) is 2.58. The summed E-state index contributed by atoms with van der Waals surface area (Å²) in [5, 5.41) is 0. The lowest BCUT2D eigenvalue weighted by atomic mass is 10.1. The average Bonchev–Trinajstić information content (AvgIpc) is 2.85. The second-order valence-electron chi connectivity index (χ2n) is 4.69. The SMILES string of the molecule is CCOc1cccc(N2CCCC2CCCN)n1. The van der Waals surface area contributed by atoms with Crippen LogP contribution in [0.2, 0.25) is 0 Å². The number of nitrogens with zero attached hydrogens (tertiary/aromatic N) is 2. The van der Waals surface area contributed by atoms with Crippen molar-refractivity contribution in [1.82, 2.24) is 4.98 Å². The summed E-state index contributed by atoms with van der Waals surface area (Å²) < 4.78 is 5.46. The van der Waals surface area contributed by atoms with Gasteiger partial charge in [-0.25, -0.2) is 0 Å². The van der Waals surface area contributed by atoms with E-state index in [9.17, 15) is 0 Å². The summed E-state index contributed by atoms with van der Waals surface area (Å²) in [5.41, 5.74) is 5.60. The fraction of sp³-hybridized carbons (Fsp3) is 0.643. The Kier molecular flexibility index (Phi) is 4.81. The van der Waals surface area contributed by atoms with Gasteiger partial charge in [0.05, 0.1) is 6.61 Å². The molecule has 4 nitrogen and oxygen atoms in total. The van der Waals surface area contributed by atoms with Gasteiger partial charge in [0.2, 0.25) is 5.88 Å². The standard InChI is InChI=1S/C14H23N3O/c1-2-18-14-9-3-8-13(16-14)17-11-5-7-12(17)6-4-10-15/h3,8-9,12H,2,4-7,10-11,15H2,1H3. The minimum Gasteiger partial charge on any atom is -0.478 e. The van der Waals surface area contributed by atoms with Gasteiger partial charge in [0.15, 0.2) is 0 Å². The Hall–Kier alpha value is -1.29. The van der Waals surface area contributed by atoms with Gasteiger partial charge in [0.25, 0.3) is 0 Å². The number of hydrogen-bond donors (Lipinski definition) is 1. The van der Waals surface area contributed by atoms with Gasteiger partial charge in [-0.1, -0.05) is 6.07 Å². The first-order valence-corrected chi connectivity index (χ1v) is 6.91. The third-order valence-corrected chi connectivity index (χ3v) is 3.41. The van der Waals surface area contributed by atoms with E-state index in [0.29, 0.717) is 12.6 Å². The summed E-state index contributed by atoms with van der Waals surface area (Å²) in [6.07, 6.45) is 4.75. The molecule has 2 rings (SSSR count). The lowest BCUT2D eigenvalue weighted by molar-refractivity contribution is 0.327. The Balaban J connectivity index is 2.06. The molecule has 4 heteroatoms. The Morgan fingerprint density at radius 3 is 3.17 bits per heavy atom. The van der Waals surface area contributed by atoms with Crippen molar-refractivity contribution < 1.29 is 4.74 Å². The Bertz CT molecular complexity index is 370. The van der Waals surface area contributed by atoms with Crippen molar-refractivity contribution in [1.29, 1.82) is 0 Å². The zero-order valence-electron chi connectivity index (χ0n) is 11.1. The highest BCUT2D eigenvalue weighted by atomic mass is 16.5. The molecule has 0 radical (unpaired) electrons. The van der Waals surface area contributed by atoms with Gasteiger partial charge in [0.1, 0.15) is 5.82 Å². The van der Waals surface area contributed by atoms with Crippen molar-refractivity contribution in [2.24, 2.45) is 5.73 Å². The summed E-state index contributed by atoms with van der Waals surface area (Å²) in [6, 6.07) is 6.60. The molecule has 18 heavy (non-hydrogen) atoms. The second-order valence-corrected chi connectivity index (χ2v) is 4.69. The maximum atomic E-state index is 5.60. The van der Waals surface area contributed by atoms with Crippen molar-refractivity contribution in [3.63, 3.8) is 0 Å². The number of hydrogen-bond acceptors (Lipinski definition) is 4. The lowest BCUT2D eigenvalue weighted by Crippen LogP contribution is -2.30. The highest BCUT2D eigenvalue weighted by Crippen LogP contribution is 2.27. The van der Waals surface area contributed by atoms with E-state index in [0.717, 1.165) is 37.6 Å². The normalized spacial score (nSPS) is 19.2. The largest absolute Gasteiger partial charge is 0.478 e. The van der Waals surface area contributed by atoms with Crippen LogP contribution in [0.15, 0.2) is 18.2 Å². The number of pyridine rings is 1. The van der Waals surface area contributed by atoms with Crippen LogP contribution < -0.4 is 15.4 Å². The minimum atomic E-state index is 0.595. The maximum absolute atomic E-state index is 5.60. The molecule has 1 unspecified atom stereocenters. The number of anilines is 1. The minimum absolute atomic E-state index is 0.595. The zero-order chi connectivity index (χ0) is 12.8. The molecule has 1 aliphatic heterocycles. The molecule has 1 aliphatic rings. The molecular weight excluding hydrogens is 226 g/mol. The van der Waals surface area contributed by atoms with Gasteiger partial charge in [-0.15, -0.1) is 0 Å². The number of ether oxygens (including phenoxy) is 1. The van der Waals surface area contributed by atoms with Crippen LogP contribution in [0.4, 0.5) is 5.82 Å². The van der Waals surface area contributed by atoms with Gasteiger partial charge in [-0.2, -0.15) is 4.98 Å². The van der Waals surface area contributed by atoms with Gasteiger partial charge < -0.3 is 15.4 Å². The quantitative estimate of drug-likeness (QED) is 0.839. The van der Waals surface area contributed by atoms with Crippen molar-refractivity contribution in [2.45, 2.75) is 38.6 Å². The van der Waals surface area contributed by atoms with Crippen LogP contribution in [0, 0.1) is 0 Å². The van der Waals surface area contributed by atoms with Gasteiger partial charge in [-0.3, -0.25) is 0 Å². The summed E-state index contributed by atoms with van der Waals surface area (Å²) >= 11 is 0. The third-order valence-electron chi connectivity index (χ3n) is 3.41. The summed E-state index contributed by atoms with van der Waals surface area (Å²) in [4.78, 5) is 6.98. The predicted octanol–water partition coefficient (Wildman–Crippen LogP) is 2.19. The summed E-state index contributed by atoms with van der Waals surface area (Å²) in [5.74, 6) is 1.76. The van der Waals surface area contributed by atoms with E-state index in [4.69, 9.17) is 10.5 Å². The van der Waals surface area contributed by atoms with E-state index in [2.05, 4.69) is 16.0 Å². The highest BCUT2D eigenvalue weighted by molar-refractivity contribution is 5.43. The Labute approximate surface area is 109 Å². The van der Waals surface area contributed by atoms with Gasteiger partial charge in [-0.05, 0) is 45.2 Å². The second kappa shape index (κ2) is 6.59. The highest BCUT2D eigenvalue weighted by Gasteiger charge is 2.25. The van der Waals surface area contributed by atoms with E-state index in [1.165, 1.54) is 12.8 Å². The molecule has 1 saturated heterocycles.